The van der Waals surface area contributed by atoms with Crippen molar-refractivity contribution in [3.05, 3.63) is 11.6 Å². The Balaban J connectivity index is 2.23. The molecule has 0 radical (unpaired) electrons. The second-order valence-corrected chi connectivity index (χ2v) is 11.7. The van der Waals surface area contributed by atoms with Crippen molar-refractivity contribution < 1.29 is 19.1 Å². The number of carbonyl (C=O) groups is 3. The SMILES string of the molecule is CCC1=CC(=O)CCC1(C)C(C)C(CSC(C)=O)C(C)CCC1(C(C)CC)CCC(=O)O1. The monoisotopic (exact) mass is 464 g/mol. The van der Waals surface area contributed by atoms with Gasteiger partial charge in [0.15, 0.2) is 10.9 Å². The van der Waals surface area contributed by atoms with Gasteiger partial charge in [0, 0.05) is 25.5 Å². The van der Waals surface area contributed by atoms with Gasteiger partial charge >= 0.3 is 5.97 Å². The van der Waals surface area contributed by atoms with E-state index in [2.05, 4.69) is 41.5 Å². The largest absolute Gasteiger partial charge is 0.459 e. The lowest BCUT2D eigenvalue weighted by Gasteiger charge is -2.46. The van der Waals surface area contributed by atoms with Crippen molar-refractivity contribution in [3.63, 3.8) is 0 Å². The standard InChI is InChI=1S/C27H44O4S/c1-8-19(4)27(15-12-25(30)31-27)14-10-18(3)24(17-32-21(6)28)20(5)26(7)13-11-23(29)16-22(26)9-2/h16,18-20,24H,8-15,17H2,1-7H3. The predicted molar refractivity (Wildman–Crippen MR) is 132 cm³/mol. The van der Waals surface area contributed by atoms with Crippen molar-refractivity contribution in [1.82, 2.24) is 0 Å². The third kappa shape index (κ3) is 6.07. The Bertz CT molecular complexity index is 729. The van der Waals surface area contributed by atoms with Crippen LogP contribution in [-0.4, -0.2) is 28.2 Å². The van der Waals surface area contributed by atoms with E-state index in [4.69, 9.17) is 4.74 Å². The van der Waals surface area contributed by atoms with E-state index in [9.17, 15) is 14.4 Å². The van der Waals surface area contributed by atoms with Crippen molar-refractivity contribution in [2.24, 2.45) is 29.1 Å². The molecule has 0 aromatic carbocycles. The smallest absolute Gasteiger partial charge is 0.306 e. The van der Waals surface area contributed by atoms with Crippen LogP contribution in [-0.2, 0) is 19.1 Å². The van der Waals surface area contributed by atoms with Gasteiger partial charge in [-0.15, -0.1) is 0 Å². The summed E-state index contributed by atoms with van der Waals surface area (Å²) in [4.78, 5) is 35.9. The van der Waals surface area contributed by atoms with Gasteiger partial charge in [-0.25, -0.2) is 0 Å². The molecule has 5 heteroatoms. The lowest BCUT2D eigenvalue weighted by Crippen LogP contribution is -2.40. The summed E-state index contributed by atoms with van der Waals surface area (Å²) in [5.74, 6) is 2.43. The summed E-state index contributed by atoms with van der Waals surface area (Å²) in [5.41, 5.74) is 0.900. The van der Waals surface area contributed by atoms with Gasteiger partial charge in [-0.2, -0.15) is 0 Å². The van der Waals surface area contributed by atoms with E-state index in [1.54, 1.807) is 6.92 Å². The van der Waals surface area contributed by atoms with Crippen LogP contribution in [0.4, 0.5) is 0 Å². The summed E-state index contributed by atoms with van der Waals surface area (Å²) in [6, 6.07) is 0. The molecule has 0 aromatic rings. The highest BCUT2D eigenvalue weighted by Crippen LogP contribution is 2.50. The molecule has 0 saturated carbocycles. The highest BCUT2D eigenvalue weighted by molar-refractivity contribution is 8.13. The Labute approximate surface area is 199 Å². The van der Waals surface area contributed by atoms with Crippen LogP contribution in [0.2, 0.25) is 0 Å². The van der Waals surface area contributed by atoms with Crippen LogP contribution in [0.5, 0.6) is 0 Å². The minimum absolute atomic E-state index is 0.0207. The summed E-state index contributed by atoms with van der Waals surface area (Å²) in [6.45, 7) is 15.1. The minimum Gasteiger partial charge on any atom is -0.459 e. The summed E-state index contributed by atoms with van der Waals surface area (Å²) >= 11 is 1.43. The molecule has 2 rings (SSSR count). The van der Waals surface area contributed by atoms with E-state index in [0.29, 0.717) is 36.5 Å². The summed E-state index contributed by atoms with van der Waals surface area (Å²) in [7, 11) is 0. The van der Waals surface area contributed by atoms with Crippen molar-refractivity contribution in [2.75, 3.05) is 5.75 Å². The van der Waals surface area contributed by atoms with Gasteiger partial charge < -0.3 is 4.74 Å². The number of ketones is 1. The van der Waals surface area contributed by atoms with Crippen LogP contribution >= 0.6 is 11.8 Å². The Hall–Kier alpha value is -1.10. The highest BCUT2D eigenvalue weighted by Gasteiger charge is 2.46. The number of cyclic esters (lactones) is 1. The summed E-state index contributed by atoms with van der Waals surface area (Å²) in [6.07, 6.45) is 8.47. The number of thioether (sulfide) groups is 1. The highest BCUT2D eigenvalue weighted by atomic mass is 32.2. The van der Waals surface area contributed by atoms with E-state index in [1.807, 2.05) is 6.08 Å². The molecule has 6 atom stereocenters. The quantitative estimate of drug-likeness (QED) is 0.316. The number of rotatable bonds is 11. The molecule has 32 heavy (non-hydrogen) atoms. The molecule has 6 unspecified atom stereocenters. The average molecular weight is 465 g/mol. The maximum Gasteiger partial charge on any atom is 0.306 e. The second-order valence-electron chi connectivity index (χ2n) is 10.5. The molecular formula is C27H44O4S. The van der Waals surface area contributed by atoms with Gasteiger partial charge in [-0.05, 0) is 73.7 Å². The lowest BCUT2D eigenvalue weighted by molar-refractivity contribution is -0.153. The molecule has 1 fully saturated rings. The fraction of sp³-hybridized carbons (Fsp3) is 0.815. The molecule has 4 nitrogen and oxygen atoms in total. The Morgan fingerprint density at radius 2 is 1.84 bits per heavy atom. The van der Waals surface area contributed by atoms with Crippen LogP contribution in [0, 0.1) is 29.1 Å². The number of carbonyl (C=O) groups excluding carboxylic acids is 3. The van der Waals surface area contributed by atoms with Gasteiger partial charge in [0.05, 0.1) is 0 Å². The first-order valence-electron chi connectivity index (χ1n) is 12.6. The van der Waals surface area contributed by atoms with Crippen LogP contribution in [0.1, 0.15) is 99.8 Å². The maximum atomic E-state index is 12.1. The third-order valence-corrected chi connectivity index (χ3v) is 9.76. The summed E-state index contributed by atoms with van der Waals surface area (Å²) < 4.78 is 5.93. The van der Waals surface area contributed by atoms with E-state index < -0.39 is 0 Å². The topological polar surface area (TPSA) is 60.4 Å². The van der Waals surface area contributed by atoms with Crippen LogP contribution in [0.25, 0.3) is 0 Å². The number of esters is 1. The van der Waals surface area contributed by atoms with Crippen molar-refractivity contribution >= 4 is 28.6 Å². The Morgan fingerprint density at radius 3 is 2.38 bits per heavy atom. The fourth-order valence-corrected chi connectivity index (χ4v) is 7.00. The van der Waals surface area contributed by atoms with Crippen LogP contribution in [0.15, 0.2) is 11.6 Å². The summed E-state index contributed by atoms with van der Waals surface area (Å²) in [5, 5.41) is 0.158. The van der Waals surface area contributed by atoms with Gasteiger partial charge in [-0.1, -0.05) is 58.9 Å². The lowest BCUT2D eigenvalue weighted by atomic mass is 9.60. The number of hydrogen-bond acceptors (Lipinski definition) is 5. The molecule has 0 N–H and O–H groups in total. The molecule has 0 spiro atoms. The molecular weight excluding hydrogens is 420 g/mol. The van der Waals surface area contributed by atoms with Crippen molar-refractivity contribution in [2.45, 2.75) is 105 Å². The molecule has 0 bridgehead atoms. The first kappa shape index (κ1) is 27.1. The first-order chi connectivity index (χ1) is 15.0. The zero-order chi connectivity index (χ0) is 24.1. The number of hydrogen-bond donors (Lipinski definition) is 0. The van der Waals surface area contributed by atoms with Crippen LogP contribution < -0.4 is 0 Å². The maximum absolute atomic E-state index is 12.1. The number of allylic oxidation sites excluding steroid dienone is 2. The van der Waals surface area contributed by atoms with Crippen LogP contribution in [0.3, 0.4) is 0 Å². The van der Waals surface area contributed by atoms with Crippen molar-refractivity contribution in [1.29, 1.82) is 0 Å². The second kappa shape index (κ2) is 11.4. The minimum atomic E-state index is -0.336. The van der Waals surface area contributed by atoms with E-state index >= 15 is 0 Å². The molecule has 1 aliphatic heterocycles. The molecule has 1 aliphatic carbocycles. The van der Waals surface area contributed by atoms with Gasteiger partial charge in [0.1, 0.15) is 5.60 Å². The molecule has 2 aliphatic rings. The van der Waals surface area contributed by atoms with Gasteiger partial charge in [0.2, 0.25) is 0 Å². The van der Waals surface area contributed by atoms with Gasteiger partial charge in [0.25, 0.3) is 0 Å². The fourth-order valence-electron chi connectivity index (χ4n) is 5.96. The molecule has 0 aromatic heterocycles. The van der Waals surface area contributed by atoms with E-state index in [1.165, 1.54) is 17.3 Å². The van der Waals surface area contributed by atoms with Gasteiger partial charge in [-0.3, -0.25) is 14.4 Å². The molecule has 1 saturated heterocycles. The molecule has 0 amide bonds. The number of ether oxygens (including phenoxy) is 1. The zero-order valence-corrected chi connectivity index (χ0v) is 22.1. The van der Waals surface area contributed by atoms with E-state index in [-0.39, 0.29) is 27.9 Å². The first-order valence-corrected chi connectivity index (χ1v) is 13.6. The third-order valence-electron chi connectivity index (χ3n) is 8.80. The zero-order valence-electron chi connectivity index (χ0n) is 21.3. The Kier molecular flexibility index (Phi) is 9.63. The van der Waals surface area contributed by atoms with E-state index in [0.717, 1.165) is 44.3 Å². The predicted octanol–water partition coefficient (Wildman–Crippen LogP) is 6.76. The van der Waals surface area contributed by atoms with Crippen molar-refractivity contribution in [3.8, 4) is 0 Å². The molecule has 182 valence electrons. The Morgan fingerprint density at radius 1 is 1.16 bits per heavy atom. The normalized spacial score (nSPS) is 29.8. The average Bonchev–Trinajstić information content (AvgIpc) is 3.15. The molecule has 1 heterocycles.